The Morgan fingerprint density at radius 2 is 1.73 bits per heavy atom. The molecule has 2 aliphatic heterocycles. The highest BCUT2D eigenvalue weighted by Crippen LogP contribution is 2.27. The Hall–Kier alpha value is -2.92. The summed E-state index contributed by atoms with van der Waals surface area (Å²) in [7, 11) is 0. The summed E-state index contributed by atoms with van der Waals surface area (Å²) in [5.74, 6) is 0.842. The van der Waals surface area contributed by atoms with E-state index in [2.05, 4.69) is 81.7 Å². The van der Waals surface area contributed by atoms with Gasteiger partial charge in [0.05, 0.1) is 5.56 Å². The molecule has 5 heteroatoms. The molecule has 5 rings (SSSR count). The molecule has 154 valence electrons. The van der Waals surface area contributed by atoms with E-state index >= 15 is 0 Å². The average molecular weight is 401 g/mol. The first kappa shape index (κ1) is 19.1. The minimum absolute atomic E-state index is 0.0541. The maximum absolute atomic E-state index is 13.0. The first-order valence-electron chi connectivity index (χ1n) is 10.8. The molecule has 0 bridgehead atoms. The highest BCUT2D eigenvalue weighted by molar-refractivity contribution is 5.42. The molecule has 3 heterocycles. The van der Waals surface area contributed by atoms with Crippen molar-refractivity contribution in [2.24, 2.45) is 0 Å². The van der Waals surface area contributed by atoms with E-state index < -0.39 is 0 Å². The van der Waals surface area contributed by atoms with Crippen LogP contribution in [0.5, 0.6) is 0 Å². The smallest absolute Gasteiger partial charge is 0.279 e. The van der Waals surface area contributed by atoms with Crippen molar-refractivity contribution in [1.29, 1.82) is 0 Å². The molecule has 0 saturated heterocycles. The van der Waals surface area contributed by atoms with E-state index in [-0.39, 0.29) is 5.56 Å². The molecular formula is C25H28N4O. The Morgan fingerprint density at radius 1 is 0.933 bits per heavy atom. The summed E-state index contributed by atoms with van der Waals surface area (Å²) in [6, 6.07) is 17.1. The van der Waals surface area contributed by atoms with Crippen molar-refractivity contribution >= 4 is 5.95 Å². The lowest BCUT2D eigenvalue weighted by Gasteiger charge is -2.30. The van der Waals surface area contributed by atoms with Gasteiger partial charge in [0.15, 0.2) is 0 Å². The molecular weight excluding hydrogens is 372 g/mol. The van der Waals surface area contributed by atoms with Gasteiger partial charge in [-0.25, -0.2) is 0 Å². The number of fused-ring (bicyclic) bond motifs is 3. The SMILES string of the molecule is Cc1ccc(CN2CCc3c(c(=O)nc4n3CCN4Cc3ccccc3C)C2)cc1. The van der Waals surface area contributed by atoms with Gasteiger partial charge in [-0.05, 0) is 30.5 Å². The summed E-state index contributed by atoms with van der Waals surface area (Å²) in [5.41, 5.74) is 7.16. The third kappa shape index (κ3) is 3.54. The molecule has 3 aromatic rings. The number of hydrogen-bond donors (Lipinski definition) is 0. The van der Waals surface area contributed by atoms with Crippen LogP contribution in [0.3, 0.4) is 0 Å². The first-order valence-corrected chi connectivity index (χ1v) is 10.8. The Balaban J connectivity index is 1.38. The van der Waals surface area contributed by atoms with Gasteiger partial charge < -0.3 is 9.47 Å². The number of aryl methyl sites for hydroxylation is 2. The molecule has 0 aliphatic carbocycles. The Kier molecular flexibility index (Phi) is 4.91. The van der Waals surface area contributed by atoms with E-state index in [1.165, 1.54) is 27.9 Å². The summed E-state index contributed by atoms with van der Waals surface area (Å²) in [5, 5.41) is 0. The number of benzene rings is 2. The maximum Gasteiger partial charge on any atom is 0.279 e. The van der Waals surface area contributed by atoms with E-state index in [0.29, 0.717) is 6.54 Å². The van der Waals surface area contributed by atoms with Crippen LogP contribution in [0.2, 0.25) is 0 Å². The minimum atomic E-state index is -0.0541. The van der Waals surface area contributed by atoms with Crippen molar-refractivity contribution in [3.63, 3.8) is 0 Å². The van der Waals surface area contributed by atoms with Crippen molar-refractivity contribution in [1.82, 2.24) is 14.5 Å². The van der Waals surface area contributed by atoms with Crippen molar-refractivity contribution in [2.75, 3.05) is 18.0 Å². The van der Waals surface area contributed by atoms with Crippen molar-refractivity contribution < 1.29 is 0 Å². The fourth-order valence-corrected chi connectivity index (χ4v) is 4.66. The molecule has 0 amide bonds. The third-order valence-corrected chi connectivity index (χ3v) is 6.45. The summed E-state index contributed by atoms with van der Waals surface area (Å²) >= 11 is 0. The first-order chi connectivity index (χ1) is 14.6. The number of anilines is 1. The lowest BCUT2D eigenvalue weighted by Crippen LogP contribution is -2.37. The van der Waals surface area contributed by atoms with Gasteiger partial charge in [-0.1, -0.05) is 54.1 Å². The van der Waals surface area contributed by atoms with E-state index in [4.69, 9.17) is 0 Å². The zero-order valence-corrected chi connectivity index (χ0v) is 17.8. The fraction of sp³-hybridized carbons (Fsp3) is 0.360. The van der Waals surface area contributed by atoms with Gasteiger partial charge in [-0.15, -0.1) is 0 Å². The summed E-state index contributed by atoms with van der Waals surface area (Å²) in [4.78, 5) is 22.1. The highest BCUT2D eigenvalue weighted by atomic mass is 16.1. The Bertz CT molecular complexity index is 1130. The van der Waals surface area contributed by atoms with Gasteiger partial charge >= 0.3 is 0 Å². The molecule has 2 aromatic carbocycles. The molecule has 0 unspecified atom stereocenters. The predicted molar refractivity (Wildman–Crippen MR) is 120 cm³/mol. The summed E-state index contributed by atoms with van der Waals surface area (Å²) in [6.07, 6.45) is 0.907. The van der Waals surface area contributed by atoms with Crippen LogP contribution < -0.4 is 10.5 Å². The molecule has 0 saturated carbocycles. The molecule has 5 nitrogen and oxygen atoms in total. The van der Waals surface area contributed by atoms with Crippen molar-refractivity contribution in [3.8, 4) is 0 Å². The second kappa shape index (κ2) is 7.73. The van der Waals surface area contributed by atoms with Crippen LogP contribution in [0.25, 0.3) is 0 Å². The van der Waals surface area contributed by atoms with Crippen LogP contribution in [-0.2, 0) is 32.6 Å². The van der Waals surface area contributed by atoms with Gasteiger partial charge in [0.1, 0.15) is 0 Å². The average Bonchev–Trinajstić information content (AvgIpc) is 3.14. The second-order valence-electron chi connectivity index (χ2n) is 8.59. The van der Waals surface area contributed by atoms with Crippen LogP contribution >= 0.6 is 0 Å². The highest BCUT2D eigenvalue weighted by Gasteiger charge is 2.29. The van der Waals surface area contributed by atoms with E-state index in [0.717, 1.165) is 50.7 Å². The standard InChI is InChI=1S/C25H28N4O/c1-18-7-9-20(10-8-18)15-27-12-11-23-22(17-27)24(30)26-25-28(13-14-29(23)25)16-21-6-4-3-5-19(21)2/h3-10H,11-17H2,1-2H3. The Labute approximate surface area is 177 Å². The lowest BCUT2D eigenvalue weighted by molar-refractivity contribution is 0.239. The largest absolute Gasteiger partial charge is 0.336 e. The molecule has 0 radical (unpaired) electrons. The number of aromatic nitrogens is 2. The van der Waals surface area contributed by atoms with Crippen molar-refractivity contribution in [2.45, 2.75) is 46.4 Å². The minimum Gasteiger partial charge on any atom is -0.336 e. The Morgan fingerprint density at radius 3 is 2.53 bits per heavy atom. The predicted octanol–water partition coefficient (Wildman–Crippen LogP) is 3.44. The fourth-order valence-electron chi connectivity index (χ4n) is 4.66. The number of nitrogens with zero attached hydrogens (tertiary/aromatic N) is 4. The monoisotopic (exact) mass is 400 g/mol. The van der Waals surface area contributed by atoms with Gasteiger partial charge in [-0.2, -0.15) is 4.98 Å². The maximum atomic E-state index is 13.0. The van der Waals surface area contributed by atoms with Crippen LogP contribution in [0.15, 0.2) is 53.3 Å². The quantitative estimate of drug-likeness (QED) is 0.673. The van der Waals surface area contributed by atoms with Gasteiger partial charge in [0.2, 0.25) is 5.95 Å². The van der Waals surface area contributed by atoms with Crippen molar-refractivity contribution in [3.05, 3.63) is 92.4 Å². The molecule has 30 heavy (non-hydrogen) atoms. The van der Waals surface area contributed by atoms with E-state index in [1.807, 2.05) is 0 Å². The number of rotatable bonds is 4. The van der Waals surface area contributed by atoms with Crippen LogP contribution in [-0.4, -0.2) is 27.5 Å². The van der Waals surface area contributed by atoms with Crippen LogP contribution in [0.1, 0.15) is 33.5 Å². The zero-order valence-electron chi connectivity index (χ0n) is 17.8. The van der Waals surface area contributed by atoms with E-state index in [1.54, 1.807) is 0 Å². The molecule has 0 fully saturated rings. The molecule has 2 aliphatic rings. The summed E-state index contributed by atoms with van der Waals surface area (Å²) in [6.45, 7) is 9.41. The van der Waals surface area contributed by atoms with Crippen LogP contribution in [0.4, 0.5) is 5.95 Å². The number of hydrogen-bond acceptors (Lipinski definition) is 4. The van der Waals surface area contributed by atoms with Gasteiger partial charge in [-0.3, -0.25) is 9.69 Å². The molecule has 1 aromatic heterocycles. The normalized spacial score (nSPS) is 15.9. The van der Waals surface area contributed by atoms with Gasteiger partial charge in [0, 0.05) is 51.4 Å². The molecule has 0 spiro atoms. The second-order valence-corrected chi connectivity index (χ2v) is 8.59. The van der Waals surface area contributed by atoms with Gasteiger partial charge in [0.25, 0.3) is 5.56 Å². The zero-order chi connectivity index (χ0) is 20.7. The summed E-state index contributed by atoms with van der Waals surface area (Å²) < 4.78 is 2.29. The lowest BCUT2D eigenvalue weighted by atomic mass is 10.0. The van der Waals surface area contributed by atoms with Crippen LogP contribution in [0, 0.1) is 13.8 Å². The van der Waals surface area contributed by atoms with E-state index in [9.17, 15) is 4.79 Å². The molecule has 0 N–H and O–H groups in total. The topological polar surface area (TPSA) is 41.4 Å². The third-order valence-electron chi connectivity index (χ3n) is 6.45. The molecule has 0 atom stereocenters.